The normalized spacial score (nSPS) is 13.7. The van der Waals surface area contributed by atoms with Crippen LogP contribution in [0.5, 0.6) is 0 Å². The van der Waals surface area contributed by atoms with Crippen molar-refractivity contribution in [3.63, 3.8) is 0 Å². The Morgan fingerprint density at radius 2 is 1.00 bits per heavy atom. The summed E-state index contributed by atoms with van der Waals surface area (Å²) in [6, 6.07) is 30.0. The van der Waals surface area contributed by atoms with Gasteiger partial charge >= 0.3 is 12.4 Å². The molecule has 1 aliphatic carbocycles. The first-order chi connectivity index (χ1) is 45.8. The van der Waals surface area contributed by atoms with Gasteiger partial charge in [0.1, 0.15) is 32.0 Å². The van der Waals surface area contributed by atoms with Gasteiger partial charge in [0.05, 0.1) is 23.9 Å². The first-order valence-electron chi connectivity index (χ1n) is 30.4. The van der Waals surface area contributed by atoms with Crippen molar-refractivity contribution in [2.45, 2.75) is 70.4 Å². The van der Waals surface area contributed by atoms with Crippen LogP contribution < -0.4 is 53.1 Å². The summed E-state index contributed by atoms with van der Waals surface area (Å²) in [5.74, 6) is -2.27. The number of nitrogens with zero attached hydrogens (tertiary/aromatic N) is 8. The van der Waals surface area contributed by atoms with E-state index < -0.39 is 74.9 Å². The number of piperidine rings is 1. The molecule has 5 heterocycles. The molecule has 2 aliphatic rings. The van der Waals surface area contributed by atoms with Crippen LogP contribution in [0.3, 0.4) is 0 Å². The lowest BCUT2D eigenvalue weighted by Gasteiger charge is -2.29. The van der Waals surface area contributed by atoms with Gasteiger partial charge in [0.2, 0.25) is 23.8 Å². The van der Waals surface area contributed by atoms with Gasteiger partial charge in [-0.05, 0) is 170 Å². The predicted molar refractivity (Wildman–Crippen MR) is 366 cm³/mol. The van der Waals surface area contributed by atoms with E-state index in [1.54, 1.807) is 124 Å². The molecule has 10 rings (SSSR count). The zero-order chi connectivity index (χ0) is 70.5. The van der Waals surface area contributed by atoms with Crippen LogP contribution in [-0.2, 0) is 37.3 Å². The Morgan fingerprint density at radius 1 is 0.536 bits per heavy atom. The Balaban J connectivity index is 0.000000186. The van der Waals surface area contributed by atoms with Crippen LogP contribution in [0.1, 0.15) is 87.4 Å². The zero-order valence-corrected chi connectivity index (χ0v) is 57.2. The summed E-state index contributed by atoms with van der Waals surface area (Å²) in [5.41, 5.74) is 0.164. The minimum absolute atomic E-state index is 0.0518. The number of carbonyl (C=O) groups is 4. The molecule has 8 aromatic rings. The summed E-state index contributed by atoms with van der Waals surface area (Å²) in [5, 5.41) is 21.5. The zero-order valence-electron chi connectivity index (χ0n) is 53.7. The van der Waals surface area contributed by atoms with Crippen LogP contribution in [0.2, 0.25) is 5.02 Å². The Kier molecular flexibility index (Phi) is 24.3. The Bertz CT molecular complexity index is 4250. The summed E-state index contributed by atoms with van der Waals surface area (Å²) in [6.07, 6.45) is 0.0997. The maximum atomic E-state index is 13.5. The van der Waals surface area contributed by atoms with Crippen LogP contribution >= 0.6 is 33.0 Å². The van der Waals surface area contributed by atoms with Gasteiger partial charge in [-0.2, -0.15) is 36.3 Å². The van der Waals surface area contributed by atoms with Crippen molar-refractivity contribution in [1.29, 1.82) is 0 Å². The molecule has 0 unspecified atom stereocenters. The molecule has 0 radical (unpaired) electrons. The first kappa shape index (κ1) is 73.9. The molecule has 4 amide bonds. The van der Waals surface area contributed by atoms with Crippen molar-refractivity contribution in [3.8, 4) is 0 Å². The maximum Gasteiger partial charge on any atom is 0.421 e. The fourth-order valence-corrected chi connectivity index (χ4v) is 13.2. The average Bonchev–Trinajstić information content (AvgIpc) is 1.49. The van der Waals surface area contributed by atoms with Crippen molar-refractivity contribution >= 4 is 119 Å². The predicted octanol–water partition coefficient (Wildman–Crippen LogP) is 12.4. The van der Waals surface area contributed by atoms with E-state index in [2.05, 4.69) is 77.0 Å². The minimum atomic E-state index is -4.76. The largest absolute Gasteiger partial charge is 0.421 e. The quantitative estimate of drug-likeness (QED) is 0.0275. The summed E-state index contributed by atoms with van der Waals surface area (Å²) in [6.45, 7) is 12.0. The molecular weight excluding hydrogens is 1350 g/mol. The number of benzene rings is 4. The molecule has 0 bridgehead atoms. The van der Waals surface area contributed by atoms with Crippen molar-refractivity contribution in [3.05, 3.63) is 179 Å². The van der Waals surface area contributed by atoms with Crippen molar-refractivity contribution in [2.75, 3.05) is 85.7 Å². The standard InChI is InChI=1S/C23H23ClN5O3P.C21H27F3N5O2P.C21H21F3N5O2P/c1-33(2,32)18-5-3-4-15(12-18)22(31)28-20-19(24)13-25-23(29-20)27-17-8-6-14(7-9-17)21(30)26-16-10-11-16;1-29-10-8-15(9-11-29)26-19(30)12-18-17(21(22,23)24)13-25-20(28-18)27-14-4-6-16(7-5-14)32(2,3)31;1-3-32(31,4-2)16-7-5-15(6-8-16)27-20-26-13-17(21(22,23)24)18(29-20)28-19(30)14-9-11-25-12-10-14/h3-9,12-13,16H,10-11H2,1-2H3,(H,26,30)(H2,25,27,28,29,31);4-7,13,15H,8-12H2,1-3H3,(H,26,30)(H,25,27,28);5-13H,3-4H2,1-2H3,(H2,26,27,28,29,30). The second kappa shape index (κ2) is 32.0. The van der Waals surface area contributed by atoms with Gasteiger partial charge in [-0.3, -0.25) is 24.2 Å². The topological polar surface area (TPSA) is 297 Å². The van der Waals surface area contributed by atoms with Gasteiger partial charge in [-0.15, -0.1) is 0 Å². The molecule has 0 atom stereocenters. The third kappa shape index (κ3) is 21.5. The van der Waals surface area contributed by atoms with Gasteiger partial charge in [0.15, 0.2) is 11.6 Å². The molecule has 512 valence electrons. The van der Waals surface area contributed by atoms with E-state index in [0.29, 0.717) is 69.6 Å². The highest BCUT2D eigenvalue weighted by Crippen LogP contribution is 2.44. The Labute approximate surface area is 561 Å². The molecule has 0 spiro atoms. The van der Waals surface area contributed by atoms with Crippen molar-refractivity contribution in [1.82, 2.24) is 50.4 Å². The summed E-state index contributed by atoms with van der Waals surface area (Å²) in [7, 11) is -5.39. The highest BCUT2D eigenvalue weighted by atomic mass is 35.5. The van der Waals surface area contributed by atoms with Gasteiger partial charge in [-0.1, -0.05) is 37.6 Å². The third-order valence-electron chi connectivity index (χ3n) is 15.2. The number of anilines is 8. The van der Waals surface area contributed by atoms with Crippen LogP contribution in [0.15, 0.2) is 140 Å². The second-order valence-corrected chi connectivity index (χ2v) is 33.8. The monoisotopic (exact) mass is 1420 g/mol. The molecule has 22 nitrogen and oxygen atoms in total. The lowest BCUT2D eigenvalue weighted by Crippen LogP contribution is -2.44. The fraction of sp³-hybridized carbons (Fsp3) is 0.308. The molecule has 4 aromatic carbocycles. The van der Waals surface area contributed by atoms with E-state index >= 15 is 0 Å². The number of halogens is 7. The highest BCUT2D eigenvalue weighted by molar-refractivity contribution is 7.71. The molecular formula is C65H71ClF6N15O7P3. The summed E-state index contributed by atoms with van der Waals surface area (Å²) in [4.78, 5) is 79.3. The van der Waals surface area contributed by atoms with E-state index in [1.807, 2.05) is 20.9 Å². The lowest BCUT2D eigenvalue weighted by molar-refractivity contribution is -0.139. The number of likely N-dealkylation sites (tertiary alicyclic amines) is 1. The Hall–Kier alpha value is -8.93. The van der Waals surface area contributed by atoms with Gasteiger partial charge in [0.25, 0.3) is 17.7 Å². The van der Waals surface area contributed by atoms with Crippen LogP contribution in [0.25, 0.3) is 0 Å². The van der Waals surface area contributed by atoms with E-state index in [1.165, 1.54) is 30.7 Å². The number of aromatic nitrogens is 7. The first-order valence-corrected chi connectivity index (χ1v) is 38.0. The molecule has 97 heavy (non-hydrogen) atoms. The van der Waals surface area contributed by atoms with Crippen LogP contribution in [-0.4, -0.2) is 135 Å². The van der Waals surface area contributed by atoms with Gasteiger partial charge < -0.3 is 55.8 Å². The van der Waals surface area contributed by atoms with Gasteiger partial charge in [-0.25, -0.2) is 19.9 Å². The number of rotatable bonds is 20. The number of pyridine rings is 1. The molecule has 32 heteroatoms. The van der Waals surface area contributed by atoms with Crippen LogP contribution in [0.4, 0.5) is 72.9 Å². The number of carbonyl (C=O) groups excluding carboxylic acids is 4. The Morgan fingerprint density at radius 3 is 1.53 bits per heavy atom. The molecule has 1 saturated carbocycles. The average molecular weight is 1420 g/mol. The number of hydrogen-bond donors (Lipinski definition) is 7. The highest BCUT2D eigenvalue weighted by Gasteiger charge is 2.37. The number of hydrogen-bond acceptors (Lipinski definition) is 18. The molecule has 1 aliphatic heterocycles. The molecule has 7 N–H and O–H groups in total. The van der Waals surface area contributed by atoms with E-state index in [0.717, 1.165) is 44.1 Å². The second-order valence-electron chi connectivity index (χ2n) is 23.4. The molecule has 4 aromatic heterocycles. The van der Waals surface area contributed by atoms with E-state index in [4.69, 9.17) is 11.6 Å². The lowest BCUT2D eigenvalue weighted by atomic mass is 10.0. The number of amides is 4. The smallest absolute Gasteiger partial charge is 0.353 e. The van der Waals surface area contributed by atoms with Crippen molar-refractivity contribution in [2.24, 2.45) is 0 Å². The third-order valence-corrected chi connectivity index (χ3v) is 21.9. The molecule has 2 fully saturated rings. The summed E-state index contributed by atoms with van der Waals surface area (Å²) < 4.78 is 118. The SMILES string of the molecule is CCP(=O)(CC)c1ccc(Nc2ncc(C(F)(F)F)c(NC(=O)c3ccncc3)n2)cc1.CN1CCC(NC(=O)Cc2nc(Nc3ccc(P(C)(C)=O)cc3)ncc2C(F)(F)F)CC1.CP(C)(=O)c1cccc(C(=O)Nc2nc(Nc3ccc(C(=O)NC4CC4)cc3)ncc2Cl)c1. The molecule has 1 saturated heterocycles. The van der Waals surface area contributed by atoms with E-state index in [9.17, 15) is 59.2 Å². The van der Waals surface area contributed by atoms with Crippen LogP contribution in [0, 0.1) is 0 Å². The maximum absolute atomic E-state index is 13.5. The summed E-state index contributed by atoms with van der Waals surface area (Å²) >= 11 is 6.18. The van der Waals surface area contributed by atoms with E-state index in [-0.39, 0.29) is 51.9 Å². The number of alkyl halides is 6. The number of nitrogens with one attached hydrogen (secondary N) is 7. The van der Waals surface area contributed by atoms with Gasteiger partial charge in [0, 0.05) is 98.9 Å². The minimum Gasteiger partial charge on any atom is -0.353 e. The van der Waals surface area contributed by atoms with Crippen molar-refractivity contribution < 1.29 is 59.2 Å². The fourth-order valence-electron chi connectivity index (χ4n) is 9.43.